The summed E-state index contributed by atoms with van der Waals surface area (Å²) >= 11 is 0. The van der Waals surface area contributed by atoms with E-state index in [-0.39, 0.29) is 18.1 Å². The van der Waals surface area contributed by atoms with Gasteiger partial charge in [-0.05, 0) is 31.8 Å². The molecule has 1 atom stereocenters. The highest BCUT2D eigenvalue weighted by atomic mass is 16.6. The summed E-state index contributed by atoms with van der Waals surface area (Å²) in [4.78, 5) is 22.2. The molecular formula is C14H19N3O3. The molecule has 0 bridgehead atoms. The number of nitro groups is 1. The van der Waals surface area contributed by atoms with Crippen molar-refractivity contribution in [3.8, 4) is 0 Å². The van der Waals surface area contributed by atoms with Crippen molar-refractivity contribution in [2.45, 2.75) is 25.8 Å². The van der Waals surface area contributed by atoms with Gasteiger partial charge < -0.3 is 10.6 Å². The van der Waals surface area contributed by atoms with Gasteiger partial charge in [-0.1, -0.05) is 18.2 Å². The van der Waals surface area contributed by atoms with Crippen molar-refractivity contribution in [1.82, 2.24) is 10.6 Å². The molecule has 1 fully saturated rings. The summed E-state index contributed by atoms with van der Waals surface area (Å²) in [5, 5.41) is 16.9. The quantitative estimate of drug-likeness (QED) is 0.611. The molecule has 1 amide bonds. The van der Waals surface area contributed by atoms with E-state index >= 15 is 0 Å². The lowest BCUT2D eigenvalue weighted by molar-refractivity contribution is -0.385. The number of nitro benzene ring substituents is 1. The van der Waals surface area contributed by atoms with E-state index in [2.05, 4.69) is 10.6 Å². The maximum Gasteiger partial charge on any atom is 0.274 e. The second-order valence-electron chi connectivity index (χ2n) is 5.06. The van der Waals surface area contributed by atoms with Crippen molar-refractivity contribution in [2.75, 3.05) is 13.1 Å². The first kappa shape index (κ1) is 14.5. The maximum absolute atomic E-state index is 11.8. The van der Waals surface area contributed by atoms with E-state index in [0.717, 1.165) is 25.9 Å². The van der Waals surface area contributed by atoms with E-state index in [9.17, 15) is 14.9 Å². The van der Waals surface area contributed by atoms with Gasteiger partial charge in [0.15, 0.2) is 0 Å². The Labute approximate surface area is 117 Å². The van der Waals surface area contributed by atoms with E-state index < -0.39 is 4.92 Å². The normalized spacial score (nSPS) is 17.9. The SMILES string of the molecule is O=C(CCC1CCNC1)NCc1ccccc1[N+](=O)[O-]. The van der Waals surface area contributed by atoms with E-state index in [1.165, 1.54) is 6.07 Å². The zero-order chi connectivity index (χ0) is 14.4. The molecule has 1 saturated heterocycles. The van der Waals surface area contributed by atoms with Crippen LogP contribution in [0.4, 0.5) is 5.69 Å². The van der Waals surface area contributed by atoms with Gasteiger partial charge in [0.2, 0.25) is 5.91 Å². The van der Waals surface area contributed by atoms with E-state index in [4.69, 9.17) is 0 Å². The molecule has 0 aromatic heterocycles. The van der Waals surface area contributed by atoms with E-state index in [0.29, 0.717) is 17.9 Å². The molecule has 2 N–H and O–H groups in total. The number of para-hydroxylation sites is 1. The minimum atomic E-state index is -0.425. The summed E-state index contributed by atoms with van der Waals surface area (Å²) in [6, 6.07) is 6.47. The van der Waals surface area contributed by atoms with Crippen LogP contribution in [0, 0.1) is 16.0 Å². The molecule has 0 aliphatic carbocycles. The van der Waals surface area contributed by atoms with Crippen molar-refractivity contribution in [1.29, 1.82) is 0 Å². The van der Waals surface area contributed by atoms with Crippen molar-refractivity contribution in [3.05, 3.63) is 39.9 Å². The molecular weight excluding hydrogens is 258 g/mol. The second kappa shape index (κ2) is 7.00. The number of hydrogen-bond donors (Lipinski definition) is 2. The van der Waals surface area contributed by atoms with Crippen LogP contribution < -0.4 is 10.6 Å². The zero-order valence-corrected chi connectivity index (χ0v) is 11.3. The van der Waals surface area contributed by atoms with Gasteiger partial charge in [-0.25, -0.2) is 0 Å². The number of carbonyl (C=O) groups excluding carboxylic acids is 1. The Morgan fingerprint density at radius 3 is 2.95 bits per heavy atom. The molecule has 6 heteroatoms. The van der Waals surface area contributed by atoms with Crippen molar-refractivity contribution < 1.29 is 9.72 Å². The minimum Gasteiger partial charge on any atom is -0.352 e. The topological polar surface area (TPSA) is 84.3 Å². The van der Waals surface area contributed by atoms with Crippen LogP contribution in [0.2, 0.25) is 0 Å². The fourth-order valence-electron chi connectivity index (χ4n) is 2.42. The molecule has 1 heterocycles. The van der Waals surface area contributed by atoms with Crippen LogP contribution in [0.3, 0.4) is 0 Å². The van der Waals surface area contributed by atoms with Gasteiger partial charge in [-0.3, -0.25) is 14.9 Å². The first-order valence-corrected chi connectivity index (χ1v) is 6.86. The minimum absolute atomic E-state index is 0.0462. The predicted molar refractivity (Wildman–Crippen MR) is 75.2 cm³/mol. The number of hydrogen-bond acceptors (Lipinski definition) is 4. The van der Waals surface area contributed by atoms with Gasteiger partial charge in [0.1, 0.15) is 0 Å². The highest BCUT2D eigenvalue weighted by Gasteiger charge is 2.16. The summed E-state index contributed by atoms with van der Waals surface area (Å²) < 4.78 is 0. The van der Waals surface area contributed by atoms with Crippen LogP contribution in [-0.4, -0.2) is 23.9 Å². The summed E-state index contributed by atoms with van der Waals surface area (Å²) in [5.74, 6) is 0.530. The Morgan fingerprint density at radius 2 is 2.25 bits per heavy atom. The fourth-order valence-corrected chi connectivity index (χ4v) is 2.42. The second-order valence-corrected chi connectivity index (χ2v) is 5.06. The number of nitrogens with zero attached hydrogens (tertiary/aromatic N) is 1. The van der Waals surface area contributed by atoms with Gasteiger partial charge in [0.25, 0.3) is 5.69 Å². The average Bonchev–Trinajstić information content (AvgIpc) is 2.96. The van der Waals surface area contributed by atoms with Crippen LogP contribution >= 0.6 is 0 Å². The molecule has 0 spiro atoms. The van der Waals surface area contributed by atoms with Gasteiger partial charge >= 0.3 is 0 Å². The summed E-state index contributed by atoms with van der Waals surface area (Å²) in [5.41, 5.74) is 0.584. The Morgan fingerprint density at radius 1 is 1.45 bits per heavy atom. The lowest BCUT2D eigenvalue weighted by Crippen LogP contribution is -2.24. The molecule has 0 saturated carbocycles. The maximum atomic E-state index is 11.8. The van der Waals surface area contributed by atoms with Crippen molar-refractivity contribution in [3.63, 3.8) is 0 Å². The van der Waals surface area contributed by atoms with Gasteiger partial charge in [0, 0.05) is 24.6 Å². The molecule has 0 radical (unpaired) electrons. The molecule has 108 valence electrons. The molecule has 2 rings (SSSR count). The van der Waals surface area contributed by atoms with E-state index in [1.54, 1.807) is 18.2 Å². The Bertz CT molecular complexity index is 484. The van der Waals surface area contributed by atoms with Crippen LogP contribution in [-0.2, 0) is 11.3 Å². The first-order valence-electron chi connectivity index (χ1n) is 6.86. The molecule has 1 aromatic rings. The molecule has 1 unspecified atom stereocenters. The summed E-state index contributed by atoms with van der Waals surface area (Å²) in [6.07, 6.45) is 2.47. The third kappa shape index (κ3) is 4.03. The number of nitrogens with one attached hydrogen (secondary N) is 2. The Kier molecular flexibility index (Phi) is 5.06. The average molecular weight is 277 g/mol. The molecule has 1 aromatic carbocycles. The van der Waals surface area contributed by atoms with Crippen LogP contribution in [0.5, 0.6) is 0 Å². The van der Waals surface area contributed by atoms with Crippen LogP contribution in [0.25, 0.3) is 0 Å². The molecule has 20 heavy (non-hydrogen) atoms. The molecule has 1 aliphatic heterocycles. The smallest absolute Gasteiger partial charge is 0.274 e. The van der Waals surface area contributed by atoms with Crippen molar-refractivity contribution in [2.24, 2.45) is 5.92 Å². The lowest BCUT2D eigenvalue weighted by Gasteiger charge is -2.09. The van der Waals surface area contributed by atoms with Crippen LogP contribution in [0.1, 0.15) is 24.8 Å². The summed E-state index contributed by atoms with van der Waals surface area (Å²) in [7, 11) is 0. The third-order valence-corrected chi connectivity index (χ3v) is 3.61. The Hall–Kier alpha value is -1.95. The van der Waals surface area contributed by atoms with Crippen molar-refractivity contribution >= 4 is 11.6 Å². The lowest BCUT2D eigenvalue weighted by atomic mass is 10.0. The van der Waals surface area contributed by atoms with Crippen LogP contribution in [0.15, 0.2) is 24.3 Å². The highest BCUT2D eigenvalue weighted by Crippen LogP contribution is 2.17. The van der Waals surface area contributed by atoms with Gasteiger partial charge in [-0.15, -0.1) is 0 Å². The molecule has 1 aliphatic rings. The number of benzene rings is 1. The zero-order valence-electron chi connectivity index (χ0n) is 11.3. The summed E-state index contributed by atoms with van der Waals surface area (Å²) in [6.45, 7) is 2.22. The van der Waals surface area contributed by atoms with Gasteiger partial charge in [-0.2, -0.15) is 0 Å². The highest BCUT2D eigenvalue weighted by molar-refractivity contribution is 5.76. The first-order chi connectivity index (χ1) is 9.66. The predicted octanol–water partition coefficient (Wildman–Crippen LogP) is 1.60. The fraction of sp³-hybridized carbons (Fsp3) is 0.500. The third-order valence-electron chi connectivity index (χ3n) is 3.61. The molecule has 6 nitrogen and oxygen atoms in total. The number of amides is 1. The van der Waals surface area contributed by atoms with E-state index in [1.807, 2.05) is 0 Å². The van der Waals surface area contributed by atoms with Gasteiger partial charge in [0.05, 0.1) is 4.92 Å². The number of rotatable bonds is 6. The standard InChI is InChI=1S/C14H19N3O3/c18-14(6-5-11-7-8-15-9-11)16-10-12-3-1-2-4-13(12)17(19)20/h1-4,11,15H,5-10H2,(H,16,18). The monoisotopic (exact) mass is 277 g/mol. The Balaban J connectivity index is 1.79. The largest absolute Gasteiger partial charge is 0.352 e. The number of carbonyl (C=O) groups is 1.